The molecule has 0 saturated carbocycles. The van der Waals surface area contributed by atoms with Crippen LogP contribution in [-0.2, 0) is 16.4 Å². The van der Waals surface area contributed by atoms with Gasteiger partial charge in [0.05, 0.1) is 3.79 Å². The van der Waals surface area contributed by atoms with Crippen molar-refractivity contribution in [1.82, 2.24) is 9.71 Å². The van der Waals surface area contributed by atoms with Crippen LogP contribution in [0.4, 0.5) is 0 Å². The Labute approximate surface area is 140 Å². The van der Waals surface area contributed by atoms with Crippen molar-refractivity contribution in [2.75, 3.05) is 6.54 Å². The van der Waals surface area contributed by atoms with Crippen LogP contribution in [0.5, 0.6) is 0 Å². The molecule has 0 saturated heterocycles. The number of nitrogens with two attached hydrogens (primary N) is 1. The van der Waals surface area contributed by atoms with Crippen molar-refractivity contribution in [2.24, 2.45) is 5.73 Å². The van der Waals surface area contributed by atoms with E-state index in [1.54, 1.807) is 11.3 Å². The highest BCUT2D eigenvalue weighted by Gasteiger charge is 2.20. The number of hydrogen-bond acceptors (Lipinski definition) is 5. The molecule has 3 N–H and O–H groups in total. The van der Waals surface area contributed by atoms with Gasteiger partial charge in [-0.05, 0) is 46.6 Å². The van der Waals surface area contributed by atoms with E-state index in [-0.39, 0.29) is 15.6 Å². The van der Waals surface area contributed by atoms with Gasteiger partial charge in [-0.25, -0.2) is 13.1 Å². The lowest BCUT2D eigenvalue weighted by molar-refractivity contribution is 0.581. The zero-order valence-corrected chi connectivity index (χ0v) is 14.8. The molecule has 0 aliphatic carbocycles. The number of rotatable bonds is 6. The Balaban J connectivity index is 2.10. The minimum absolute atomic E-state index is 0.00450. The second-order valence-corrected chi connectivity index (χ2v) is 8.79. The number of thiophene rings is 1. The summed E-state index contributed by atoms with van der Waals surface area (Å²) < 4.78 is 28.1. The first-order valence-corrected chi connectivity index (χ1v) is 9.39. The molecule has 0 aliphatic rings. The van der Waals surface area contributed by atoms with Gasteiger partial charge in [-0.15, -0.1) is 11.3 Å². The topological polar surface area (TPSA) is 85.1 Å². The summed E-state index contributed by atoms with van der Waals surface area (Å²) >= 11 is 9.77. The van der Waals surface area contributed by atoms with Crippen molar-refractivity contribution in [2.45, 2.75) is 11.3 Å². The highest BCUT2D eigenvalue weighted by Crippen LogP contribution is 2.22. The molecule has 2 aromatic heterocycles. The predicted octanol–water partition coefficient (Wildman–Crippen LogP) is 2.06. The van der Waals surface area contributed by atoms with Crippen LogP contribution in [-0.4, -0.2) is 24.9 Å². The zero-order valence-electron chi connectivity index (χ0n) is 10.7. The van der Waals surface area contributed by atoms with Gasteiger partial charge in [0, 0.05) is 17.6 Å². The Hall–Kier alpha value is -0.870. The van der Waals surface area contributed by atoms with Crippen LogP contribution in [0.25, 0.3) is 0 Å². The van der Waals surface area contributed by atoms with Gasteiger partial charge in [0.2, 0.25) is 10.0 Å². The molecule has 2 heterocycles. The van der Waals surface area contributed by atoms with Crippen molar-refractivity contribution in [3.05, 3.63) is 44.8 Å². The van der Waals surface area contributed by atoms with Gasteiger partial charge in [0.25, 0.3) is 0 Å². The molecule has 5 nitrogen and oxygen atoms in total. The number of thiocarbonyl (C=S) groups is 1. The second kappa shape index (κ2) is 6.93. The third kappa shape index (κ3) is 4.30. The Bertz CT molecular complexity index is 759. The number of hydrogen-bond donors (Lipinski definition) is 2. The minimum Gasteiger partial charge on any atom is -0.388 e. The molecule has 0 unspecified atom stereocenters. The molecule has 112 valence electrons. The molecule has 0 fully saturated rings. The van der Waals surface area contributed by atoms with E-state index in [9.17, 15) is 8.42 Å². The molecule has 0 aliphatic heterocycles. The van der Waals surface area contributed by atoms with Crippen molar-refractivity contribution in [3.63, 3.8) is 0 Å². The van der Waals surface area contributed by atoms with E-state index in [2.05, 4.69) is 25.6 Å². The lowest BCUT2D eigenvalue weighted by Gasteiger charge is -2.09. The summed E-state index contributed by atoms with van der Waals surface area (Å²) in [7, 11) is -3.69. The summed E-state index contributed by atoms with van der Waals surface area (Å²) in [5.74, 6) is 0. The van der Waals surface area contributed by atoms with Gasteiger partial charge in [-0.3, -0.25) is 4.98 Å². The molecule has 0 bridgehead atoms. The molecule has 0 amide bonds. The third-order valence-electron chi connectivity index (χ3n) is 2.59. The quantitative estimate of drug-likeness (QED) is 0.718. The van der Waals surface area contributed by atoms with Gasteiger partial charge in [-0.2, -0.15) is 0 Å². The fourth-order valence-electron chi connectivity index (χ4n) is 1.66. The number of sulfonamides is 1. The highest BCUT2D eigenvalue weighted by molar-refractivity contribution is 9.11. The van der Waals surface area contributed by atoms with Crippen molar-refractivity contribution in [1.29, 1.82) is 0 Å². The van der Waals surface area contributed by atoms with Crippen molar-refractivity contribution in [3.8, 4) is 0 Å². The maximum Gasteiger partial charge on any atom is 0.242 e. The molecule has 0 radical (unpaired) electrons. The summed E-state index contributed by atoms with van der Waals surface area (Å²) in [4.78, 5) is 4.97. The van der Waals surface area contributed by atoms with Gasteiger partial charge in [0.1, 0.15) is 15.6 Å². The second-order valence-electron chi connectivity index (χ2n) is 4.07. The number of aromatic nitrogens is 1. The van der Waals surface area contributed by atoms with Gasteiger partial charge in [-0.1, -0.05) is 12.2 Å². The van der Waals surface area contributed by atoms with Crippen molar-refractivity contribution >= 4 is 54.5 Å². The zero-order chi connectivity index (χ0) is 15.5. The number of nitrogens with one attached hydrogen (secondary N) is 1. The lowest BCUT2D eigenvalue weighted by atomic mass is 10.3. The summed E-state index contributed by atoms with van der Waals surface area (Å²) in [6, 6.07) is 6.85. The summed E-state index contributed by atoms with van der Waals surface area (Å²) in [6.45, 7) is 0.293. The Morgan fingerprint density at radius 1 is 1.43 bits per heavy atom. The number of nitrogens with zero attached hydrogens (tertiary/aromatic N) is 1. The van der Waals surface area contributed by atoms with E-state index in [1.807, 2.05) is 12.1 Å². The smallest absolute Gasteiger partial charge is 0.242 e. The normalized spacial score (nSPS) is 11.5. The van der Waals surface area contributed by atoms with Gasteiger partial charge >= 0.3 is 0 Å². The molecule has 2 rings (SSSR count). The largest absolute Gasteiger partial charge is 0.388 e. The van der Waals surface area contributed by atoms with E-state index >= 15 is 0 Å². The maximum atomic E-state index is 12.3. The lowest BCUT2D eigenvalue weighted by Crippen LogP contribution is -2.28. The highest BCUT2D eigenvalue weighted by atomic mass is 79.9. The average Bonchev–Trinajstić information content (AvgIpc) is 2.84. The first-order chi connectivity index (χ1) is 9.90. The maximum absolute atomic E-state index is 12.3. The average molecular weight is 406 g/mol. The third-order valence-corrected chi connectivity index (χ3v) is 5.96. The van der Waals surface area contributed by atoms with Crippen LogP contribution in [0.1, 0.15) is 10.6 Å². The molecule has 0 atom stereocenters. The van der Waals surface area contributed by atoms with E-state index < -0.39 is 10.0 Å². The number of halogens is 1. The molecule has 0 aromatic carbocycles. The standard InChI is InChI=1S/C12H12BrN3O2S3/c13-10-4-3-8(20-10)5-7-16-21(17,18)9-2-1-6-15-11(9)12(14)19/h1-4,6,16H,5,7H2,(H2,14,19). The minimum atomic E-state index is -3.69. The Morgan fingerprint density at radius 2 is 2.19 bits per heavy atom. The monoisotopic (exact) mass is 405 g/mol. The van der Waals surface area contributed by atoms with Crippen LogP contribution < -0.4 is 10.5 Å². The van der Waals surface area contributed by atoms with Crippen LogP contribution >= 0.6 is 39.5 Å². The first-order valence-electron chi connectivity index (χ1n) is 5.89. The fourth-order valence-corrected chi connectivity index (χ4v) is 4.58. The van der Waals surface area contributed by atoms with Crippen LogP contribution in [0.15, 0.2) is 39.1 Å². The van der Waals surface area contributed by atoms with Gasteiger partial charge in [0.15, 0.2) is 0 Å². The number of pyridine rings is 1. The fraction of sp³-hybridized carbons (Fsp3) is 0.167. The van der Waals surface area contributed by atoms with Gasteiger partial charge < -0.3 is 5.73 Å². The van der Waals surface area contributed by atoms with Crippen LogP contribution in [0.2, 0.25) is 0 Å². The SMILES string of the molecule is NC(=S)c1ncccc1S(=O)(=O)NCCc1ccc(Br)s1. The first kappa shape index (κ1) is 16.5. The summed E-state index contributed by atoms with van der Waals surface area (Å²) in [5.41, 5.74) is 5.62. The molecular formula is C12H12BrN3O2S3. The van der Waals surface area contributed by atoms with E-state index in [1.165, 1.54) is 18.3 Å². The van der Waals surface area contributed by atoms with E-state index in [0.717, 1.165) is 8.66 Å². The van der Waals surface area contributed by atoms with Crippen LogP contribution in [0.3, 0.4) is 0 Å². The molecule has 2 aromatic rings. The summed E-state index contributed by atoms with van der Waals surface area (Å²) in [6.07, 6.45) is 2.06. The Kier molecular flexibility index (Phi) is 5.44. The molecule has 21 heavy (non-hydrogen) atoms. The molecule has 0 spiro atoms. The molecule has 9 heteroatoms. The predicted molar refractivity (Wildman–Crippen MR) is 91.0 cm³/mol. The van der Waals surface area contributed by atoms with E-state index in [4.69, 9.17) is 18.0 Å². The van der Waals surface area contributed by atoms with E-state index in [0.29, 0.717) is 13.0 Å². The Morgan fingerprint density at radius 3 is 2.81 bits per heavy atom. The molecular weight excluding hydrogens is 394 g/mol. The van der Waals surface area contributed by atoms with Crippen molar-refractivity contribution < 1.29 is 8.42 Å². The summed E-state index contributed by atoms with van der Waals surface area (Å²) in [5, 5.41) is 0. The van der Waals surface area contributed by atoms with Crippen LogP contribution in [0, 0.1) is 0 Å².